The molecule has 0 unspecified atom stereocenters. The van der Waals surface area contributed by atoms with Crippen LogP contribution in [0.4, 0.5) is 11.4 Å². The molecule has 3 rings (SSSR count). The van der Waals surface area contributed by atoms with Crippen LogP contribution in [0, 0.1) is 0 Å². The fraction of sp³-hybridized carbons (Fsp3) is 0.294. The summed E-state index contributed by atoms with van der Waals surface area (Å²) >= 11 is 0. The van der Waals surface area contributed by atoms with Gasteiger partial charge in [0.25, 0.3) is 0 Å². The minimum absolute atomic E-state index is 0.00264. The van der Waals surface area contributed by atoms with E-state index in [1.54, 1.807) is 24.3 Å². The predicted molar refractivity (Wildman–Crippen MR) is 85.1 cm³/mol. The smallest absolute Gasteiger partial charge is 0.233 e. The van der Waals surface area contributed by atoms with Gasteiger partial charge in [0, 0.05) is 12.1 Å². The number of carbonyl (C=O) groups is 1. The van der Waals surface area contributed by atoms with Crippen LogP contribution in [0.1, 0.15) is 26.0 Å². The van der Waals surface area contributed by atoms with Crippen molar-refractivity contribution in [2.24, 2.45) is 4.99 Å². The average Bonchev–Trinajstić information content (AvgIpc) is 2.97. The molecule has 1 aliphatic rings. The predicted octanol–water partition coefficient (Wildman–Crippen LogP) is 3.55. The first kappa shape index (κ1) is 14.4. The maximum absolute atomic E-state index is 12.7. The first-order valence-corrected chi connectivity index (χ1v) is 7.21. The summed E-state index contributed by atoms with van der Waals surface area (Å²) in [5, 5.41) is 0. The van der Waals surface area contributed by atoms with Crippen LogP contribution >= 0.6 is 0 Å². The van der Waals surface area contributed by atoms with Gasteiger partial charge in [0.1, 0.15) is 11.5 Å². The summed E-state index contributed by atoms with van der Waals surface area (Å²) in [6.07, 6.45) is 1.80. The van der Waals surface area contributed by atoms with Crippen molar-refractivity contribution in [1.82, 2.24) is 0 Å². The summed E-state index contributed by atoms with van der Waals surface area (Å²) in [5.41, 5.74) is 2.15. The zero-order valence-electron chi connectivity index (χ0n) is 12.9. The molecule has 0 saturated carbocycles. The first-order chi connectivity index (χ1) is 10.6. The minimum atomic E-state index is -0.00264. The molecule has 0 spiro atoms. The first-order valence-electron chi connectivity index (χ1n) is 7.21. The van der Waals surface area contributed by atoms with Crippen LogP contribution < -0.4 is 9.64 Å². The Kier molecular flexibility index (Phi) is 3.71. The van der Waals surface area contributed by atoms with Crippen LogP contribution in [-0.4, -0.2) is 24.8 Å². The van der Waals surface area contributed by atoms with Crippen LogP contribution in [0.15, 0.2) is 46.0 Å². The second kappa shape index (κ2) is 5.67. The van der Waals surface area contributed by atoms with Gasteiger partial charge in [0.05, 0.1) is 36.9 Å². The van der Waals surface area contributed by atoms with Crippen molar-refractivity contribution in [3.63, 3.8) is 0 Å². The number of ether oxygens (including phenoxy) is 1. The number of aliphatic imine (C=N–C) groups is 1. The van der Waals surface area contributed by atoms with Gasteiger partial charge in [-0.05, 0) is 38.1 Å². The molecule has 5 nitrogen and oxygen atoms in total. The maximum atomic E-state index is 12.7. The molecule has 1 amide bonds. The Balaban J connectivity index is 2.15. The van der Waals surface area contributed by atoms with E-state index < -0.39 is 0 Å². The number of rotatable bonds is 3. The molecule has 0 aliphatic carbocycles. The Morgan fingerprint density at radius 3 is 2.77 bits per heavy atom. The largest absolute Gasteiger partial charge is 0.497 e. The molecule has 1 aliphatic heterocycles. The third-order valence-corrected chi connectivity index (χ3v) is 3.61. The van der Waals surface area contributed by atoms with E-state index in [-0.39, 0.29) is 18.4 Å². The van der Waals surface area contributed by atoms with Gasteiger partial charge in [-0.15, -0.1) is 0 Å². The van der Waals surface area contributed by atoms with Crippen molar-refractivity contribution < 1.29 is 13.9 Å². The molecule has 0 atom stereocenters. The van der Waals surface area contributed by atoms with Gasteiger partial charge in [-0.25, -0.2) is 4.99 Å². The summed E-state index contributed by atoms with van der Waals surface area (Å²) in [4.78, 5) is 19.1. The Morgan fingerprint density at radius 1 is 1.32 bits per heavy atom. The van der Waals surface area contributed by atoms with Gasteiger partial charge in [0.2, 0.25) is 5.91 Å². The Labute approximate surface area is 129 Å². The van der Waals surface area contributed by atoms with E-state index in [0.717, 1.165) is 11.4 Å². The third kappa shape index (κ3) is 2.50. The highest BCUT2D eigenvalue weighted by atomic mass is 16.5. The Hall–Kier alpha value is -2.56. The minimum Gasteiger partial charge on any atom is -0.497 e. The lowest BCUT2D eigenvalue weighted by Crippen LogP contribution is -2.37. The third-order valence-electron chi connectivity index (χ3n) is 3.61. The number of nitrogens with zero attached hydrogens (tertiary/aromatic N) is 2. The number of furan rings is 1. The normalized spacial score (nSPS) is 14.6. The Bertz CT molecular complexity index is 718. The molecular weight excluding hydrogens is 280 g/mol. The van der Waals surface area contributed by atoms with E-state index in [1.807, 2.05) is 38.1 Å². The second-order valence-corrected chi connectivity index (χ2v) is 5.42. The average molecular weight is 298 g/mol. The van der Waals surface area contributed by atoms with Crippen LogP contribution in [0.2, 0.25) is 0 Å². The zero-order valence-corrected chi connectivity index (χ0v) is 12.9. The molecule has 0 radical (unpaired) electrons. The van der Waals surface area contributed by atoms with Crippen LogP contribution in [0.25, 0.3) is 0 Å². The molecule has 0 bridgehead atoms. The van der Waals surface area contributed by atoms with Crippen molar-refractivity contribution in [3.8, 4) is 5.75 Å². The number of methoxy groups -OCH3 is 1. The number of fused-ring (bicyclic) bond motifs is 1. The monoisotopic (exact) mass is 298 g/mol. The summed E-state index contributed by atoms with van der Waals surface area (Å²) in [7, 11) is 1.61. The van der Waals surface area contributed by atoms with Crippen LogP contribution in [-0.2, 0) is 4.79 Å². The number of anilines is 1. The Morgan fingerprint density at radius 2 is 2.14 bits per heavy atom. The molecule has 5 heteroatoms. The molecule has 1 aromatic carbocycles. The fourth-order valence-corrected chi connectivity index (χ4v) is 2.62. The SMILES string of the molecule is COc1ccc2c(c1)N(C(C)C)C(=O)CC(c1ccco1)=N2. The van der Waals surface area contributed by atoms with Gasteiger partial charge >= 0.3 is 0 Å². The highest BCUT2D eigenvalue weighted by Crippen LogP contribution is 2.37. The van der Waals surface area contributed by atoms with E-state index in [4.69, 9.17) is 9.15 Å². The number of carbonyl (C=O) groups excluding carboxylic acids is 1. The number of hydrogen-bond donors (Lipinski definition) is 0. The second-order valence-electron chi connectivity index (χ2n) is 5.42. The molecule has 0 saturated heterocycles. The van der Waals surface area contributed by atoms with Crippen molar-refractivity contribution in [1.29, 1.82) is 0 Å². The molecule has 22 heavy (non-hydrogen) atoms. The topological polar surface area (TPSA) is 55.0 Å². The van der Waals surface area contributed by atoms with Gasteiger partial charge < -0.3 is 14.1 Å². The summed E-state index contributed by atoms with van der Waals surface area (Å²) in [5.74, 6) is 1.33. The van der Waals surface area contributed by atoms with E-state index in [9.17, 15) is 4.79 Å². The van der Waals surface area contributed by atoms with Crippen molar-refractivity contribution >= 4 is 23.0 Å². The van der Waals surface area contributed by atoms with E-state index in [2.05, 4.69) is 4.99 Å². The van der Waals surface area contributed by atoms with Gasteiger partial charge in [-0.3, -0.25) is 4.79 Å². The van der Waals surface area contributed by atoms with Gasteiger partial charge in [0.15, 0.2) is 0 Å². The van der Waals surface area contributed by atoms with E-state index >= 15 is 0 Å². The maximum Gasteiger partial charge on any atom is 0.233 e. The lowest BCUT2D eigenvalue weighted by molar-refractivity contribution is -0.117. The van der Waals surface area contributed by atoms with E-state index in [0.29, 0.717) is 17.2 Å². The zero-order chi connectivity index (χ0) is 15.7. The van der Waals surface area contributed by atoms with Crippen molar-refractivity contribution in [2.45, 2.75) is 26.3 Å². The standard InChI is InChI=1S/C17H18N2O3/c1-11(2)19-15-9-12(21-3)6-7-13(15)18-14(10-17(19)20)16-5-4-8-22-16/h4-9,11H,10H2,1-3H3. The van der Waals surface area contributed by atoms with Gasteiger partial charge in [-0.1, -0.05) is 0 Å². The molecule has 1 aromatic heterocycles. The lowest BCUT2D eigenvalue weighted by atomic mass is 10.1. The summed E-state index contributed by atoms with van der Waals surface area (Å²) < 4.78 is 10.7. The van der Waals surface area contributed by atoms with Gasteiger partial charge in [-0.2, -0.15) is 0 Å². The van der Waals surface area contributed by atoms with Crippen molar-refractivity contribution in [3.05, 3.63) is 42.4 Å². The highest BCUT2D eigenvalue weighted by Gasteiger charge is 2.28. The fourth-order valence-electron chi connectivity index (χ4n) is 2.62. The molecule has 0 fully saturated rings. The molecule has 2 heterocycles. The number of amides is 1. The summed E-state index contributed by atoms with van der Waals surface area (Å²) in [6.45, 7) is 3.97. The van der Waals surface area contributed by atoms with Crippen LogP contribution in [0.5, 0.6) is 5.75 Å². The lowest BCUT2D eigenvalue weighted by Gasteiger charge is -2.26. The molecule has 114 valence electrons. The number of benzene rings is 1. The number of hydrogen-bond acceptors (Lipinski definition) is 4. The molecule has 0 N–H and O–H groups in total. The molecule has 2 aromatic rings. The quantitative estimate of drug-likeness (QED) is 0.870. The van der Waals surface area contributed by atoms with Crippen molar-refractivity contribution in [2.75, 3.05) is 12.0 Å². The summed E-state index contributed by atoms with van der Waals surface area (Å²) in [6, 6.07) is 9.20. The molecular formula is C17H18N2O3. The van der Waals surface area contributed by atoms with Crippen LogP contribution in [0.3, 0.4) is 0 Å². The highest BCUT2D eigenvalue weighted by molar-refractivity contribution is 6.16. The van der Waals surface area contributed by atoms with E-state index in [1.165, 1.54) is 0 Å².